The zero-order chi connectivity index (χ0) is 18.0. The molecule has 2 atom stereocenters. The van der Waals surface area contributed by atoms with Gasteiger partial charge in [-0.3, -0.25) is 4.21 Å². The van der Waals surface area contributed by atoms with Crippen LogP contribution in [0.5, 0.6) is 0 Å². The van der Waals surface area contributed by atoms with Crippen LogP contribution in [0.2, 0.25) is 0 Å². The predicted molar refractivity (Wildman–Crippen MR) is 96.7 cm³/mol. The van der Waals surface area contributed by atoms with Crippen molar-refractivity contribution in [2.24, 2.45) is 0 Å². The number of aromatic amines is 1. The lowest BCUT2D eigenvalue weighted by molar-refractivity contribution is 0.568. The molecule has 3 rings (SSSR count). The molecule has 0 saturated carbocycles. The molecule has 0 fully saturated rings. The summed E-state index contributed by atoms with van der Waals surface area (Å²) < 4.78 is 53.0. The smallest absolute Gasteiger partial charge is 0.241 e. The van der Waals surface area contributed by atoms with Crippen molar-refractivity contribution in [3.05, 3.63) is 66.1 Å². The highest BCUT2D eigenvalue weighted by Crippen LogP contribution is 2.27. The van der Waals surface area contributed by atoms with Crippen molar-refractivity contribution in [1.82, 2.24) is 9.71 Å². The maximum Gasteiger partial charge on any atom is 0.241 e. The van der Waals surface area contributed by atoms with Crippen molar-refractivity contribution in [2.45, 2.75) is 10.9 Å². The highest BCUT2D eigenvalue weighted by molar-refractivity contribution is 7.89. The van der Waals surface area contributed by atoms with Crippen LogP contribution in [-0.4, -0.2) is 29.6 Å². The van der Waals surface area contributed by atoms with Crippen molar-refractivity contribution in [3.8, 4) is 0 Å². The lowest BCUT2D eigenvalue weighted by atomic mass is 10.1. The van der Waals surface area contributed by atoms with Crippen molar-refractivity contribution in [3.63, 3.8) is 0 Å². The third-order valence-electron chi connectivity index (χ3n) is 3.80. The van der Waals surface area contributed by atoms with E-state index < -0.39 is 26.9 Å². The molecule has 2 aromatic carbocycles. The van der Waals surface area contributed by atoms with E-state index >= 15 is 0 Å². The number of sulfonamides is 1. The van der Waals surface area contributed by atoms with Gasteiger partial charge in [-0.05, 0) is 35.9 Å². The molecule has 0 aliphatic heterocycles. The molecule has 0 aliphatic carbocycles. The van der Waals surface area contributed by atoms with Crippen molar-refractivity contribution in [2.75, 3.05) is 12.0 Å². The van der Waals surface area contributed by atoms with Crippen LogP contribution in [0, 0.1) is 5.82 Å². The van der Waals surface area contributed by atoms with E-state index in [1.807, 2.05) is 0 Å². The minimum Gasteiger partial charge on any atom is -0.361 e. The zero-order valence-electron chi connectivity index (χ0n) is 13.4. The number of rotatable bonds is 6. The fraction of sp³-hybridized carbons (Fsp3) is 0.176. The predicted octanol–water partition coefficient (Wildman–Crippen LogP) is 2.71. The first kappa shape index (κ1) is 17.8. The molecule has 3 aromatic rings. The summed E-state index contributed by atoms with van der Waals surface area (Å²) in [6, 6.07) is 11.5. The summed E-state index contributed by atoms with van der Waals surface area (Å²) in [5, 5.41) is 0.688. The Morgan fingerprint density at radius 3 is 2.60 bits per heavy atom. The van der Waals surface area contributed by atoms with Gasteiger partial charge in [-0.1, -0.05) is 18.2 Å². The van der Waals surface area contributed by atoms with Crippen molar-refractivity contribution in [1.29, 1.82) is 0 Å². The quantitative estimate of drug-likeness (QED) is 0.690. The minimum atomic E-state index is -3.78. The van der Waals surface area contributed by atoms with Crippen LogP contribution in [0.1, 0.15) is 11.6 Å². The summed E-state index contributed by atoms with van der Waals surface area (Å²) in [6.45, 7) is 0. The second-order valence-electron chi connectivity index (χ2n) is 5.66. The Morgan fingerprint density at radius 1 is 1.20 bits per heavy atom. The number of hydrogen-bond donors (Lipinski definition) is 2. The molecule has 0 spiro atoms. The van der Waals surface area contributed by atoms with E-state index in [2.05, 4.69) is 9.71 Å². The third kappa shape index (κ3) is 3.97. The van der Waals surface area contributed by atoms with Crippen LogP contribution >= 0.6 is 0 Å². The topological polar surface area (TPSA) is 79.0 Å². The highest BCUT2D eigenvalue weighted by Gasteiger charge is 2.24. The Hall–Kier alpha value is -2.03. The van der Waals surface area contributed by atoms with E-state index in [1.54, 1.807) is 30.5 Å². The zero-order valence-corrected chi connectivity index (χ0v) is 15.0. The summed E-state index contributed by atoms with van der Waals surface area (Å²) in [5.74, 6) is -0.280. The third-order valence-corrected chi connectivity index (χ3v) is 6.09. The number of fused-ring (bicyclic) bond motifs is 1. The molecule has 2 unspecified atom stereocenters. The first-order chi connectivity index (χ1) is 11.9. The normalized spacial score (nSPS) is 14.5. The number of nitrogens with one attached hydrogen (secondary N) is 2. The van der Waals surface area contributed by atoms with E-state index in [1.165, 1.54) is 30.5 Å². The highest BCUT2D eigenvalue weighted by atomic mass is 32.2. The molecule has 0 amide bonds. The maximum absolute atomic E-state index is 13.4. The standard InChI is InChI=1S/C17H17FN2O3S2/c1-24(21)11-17(20-25(22,23)13-5-3-2-4-6-13)15-10-19-16-9-12(18)7-8-14(15)16/h2-10,17,19-20H,11H2,1H3. The van der Waals surface area contributed by atoms with Gasteiger partial charge < -0.3 is 4.98 Å². The van der Waals surface area contributed by atoms with Gasteiger partial charge in [0.1, 0.15) is 5.82 Å². The van der Waals surface area contributed by atoms with Gasteiger partial charge in [0.15, 0.2) is 0 Å². The molecular weight excluding hydrogens is 363 g/mol. The van der Waals surface area contributed by atoms with Crippen LogP contribution < -0.4 is 4.72 Å². The summed E-state index contributed by atoms with van der Waals surface area (Å²) in [7, 11) is -5.01. The molecule has 25 heavy (non-hydrogen) atoms. The molecule has 1 heterocycles. The van der Waals surface area contributed by atoms with E-state index in [9.17, 15) is 17.0 Å². The number of aromatic nitrogens is 1. The van der Waals surface area contributed by atoms with Gasteiger partial charge in [-0.25, -0.2) is 17.5 Å². The van der Waals surface area contributed by atoms with Crippen molar-refractivity contribution < 1.29 is 17.0 Å². The van der Waals surface area contributed by atoms with Crippen LogP contribution in [-0.2, 0) is 20.8 Å². The van der Waals surface area contributed by atoms with Gasteiger partial charge >= 0.3 is 0 Å². The molecule has 0 aliphatic rings. The largest absolute Gasteiger partial charge is 0.361 e. The Kier molecular flexibility index (Phi) is 5.03. The number of benzene rings is 2. The van der Waals surface area contributed by atoms with Crippen LogP contribution in [0.3, 0.4) is 0 Å². The maximum atomic E-state index is 13.4. The van der Waals surface area contributed by atoms with Gasteiger partial charge in [0, 0.05) is 39.9 Å². The lowest BCUT2D eigenvalue weighted by Crippen LogP contribution is -2.31. The summed E-state index contributed by atoms with van der Waals surface area (Å²) in [6.07, 6.45) is 3.13. The van der Waals surface area contributed by atoms with Gasteiger partial charge in [0.25, 0.3) is 0 Å². The fourth-order valence-corrected chi connectivity index (χ4v) is 4.76. The molecule has 132 valence electrons. The van der Waals surface area contributed by atoms with E-state index in [4.69, 9.17) is 0 Å². The second kappa shape index (κ2) is 7.07. The van der Waals surface area contributed by atoms with Gasteiger partial charge in [-0.15, -0.1) is 0 Å². The van der Waals surface area contributed by atoms with Crippen molar-refractivity contribution >= 4 is 31.7 Å². The molecule has 5 nitrogen and oxygen atoms in total. The second-order valence-corrected chi connectivity index (χ2v) is 8.85. The van der Waals surface area contributed by atoms with E-state index in [-0.39, 0.29) is 16.5 Å². The molecule has 8 heteroatoms. The summed E-state index contributed by atoms with van der Waals surface area (Å²) in [5.41, 5.74) is 1.19. The molecule has 1 aromatic heterocycles. The Morgan fingerprint density at radius 2 is 1.92 bits per heavy atom. The first-order valence-corrected chi connectivity index (χ1v) is 10.7. The summed E-state index contributed by atoms with van der Waals surface area (Å²) in [4.78, 5) is 3.07. The average molecular weight is 380 g/mol. The molecular formula is C17H17FN2O3S2. The fourth-order valence-electron chi connectivity index (χ4n) is 2.69. The molecule has 2 N–H and O–H groups in total. The van der Waals surface area contributed by atoms with E-state index in [0.717, 1.165) is 0 Å². The molecule has 0 bridgehead atoms. The summed E-state index contributed by atoms with van der Waals surface area (Å²) >= 11 is 0. The Labute approximate surface area is 147 Å². The average Bonchev–Trinajstić information content (AvgIpc) is 2.97. The van der Waals surface area contributed by atoms with E-state index in [0.29, 0.717) is 16.5 Å². The molecule has 0 saturated heterocycles. The van der Waals surface area contributed by atoms with Crippen LogP contribution in [0.4, 0.5) is 4.39 Å². The first-order valence-electron chi connectivity index (χ1n) is 7.51. The van der Waals surface area contributed by atoms with Crippen LogP contribution in [0.15, 0.2) is 59.6 Å². The molecule has 0 radical (unpaired) electrons. The number of H-pyrrole nitrogens is 1. The lowest BCUT2D eigenvalue weighted by Gasteiger charge is -2.17. The SMILES string of the molecule is CS(=O)CC(NS(=O)(=O)c1ccccc1)c1c[nH]c2cc(F)ccc12. The minimum absolute atomic E-state index is 0.108. The Balaban J connectivity index is 2.01. The van der Waals surface area contributed by atoms with Crippen LogP contribution in [0.25, 0.3) is 10.9 Å². The number of halogens is 1. The van der Waals surface area contributed by atoms with Gasteiger partial charge in [0.2, 0.25) is 10.0 Å². The number of hydrogen-bond acceptors (Lipinski definition) is 3. The Bertz CT molecular complexity index is 1020. The monoisotopic (exact) mass is 380 g/mol. The van der Waals surface area contributed by atoms with Gasteiger partial charge in [0.05, 0.1) is 10.9 Å². The van der Waals surface area contributed by atoms with Gasteiger partial charge in [-0.2, -0.15) is 0 Å².